The van der Waals surface area contributed by atoms with Crippen molar-refractivity contribution in [2.45, 2.75) is 43.5 Å². The van der Waals surface area contributed by atoms with Crippen molar-refractivity contribution in [3.8, 4) is 5.75 Å². The molecule has 1 N–H and O–H groups in total. The lowest BCUT2D eigenvalue weighted by Gasteiger charge is -2.51. The molecule has 0 bridgehead atoms. The van der Waals surface area contributed by atoms with Crippen LogP contribution in [0.1, 0.15) is 30.9 Å². The first-order chi connectivity index (χ1) is 10.6. The Labute approximate surface area is 129 Å². The average molecular weight is 300 g/mol. The van der Waals surface area contributed by atoms with Crippen molar-refractivity contribution in [3.05, 3.63) is 41.2 Å². The Morgan fingerprint density at radius 2 is 2.00 bits per heavy atom. The molecule has 3 unspecified atom stereocenters. The summed E-state index contributed by atoms with van der Waals surface area (Å²) < 4.78 is 18.0. The zero-order valence-corrected chi connectivity index (χ0v) is 12.7. The van der Waals surface area contributed by atoms with Gasteiger partial charge in [-0.25, -0.2) is 0 Å². The van der Waals surface area contributed by atoms with Crippen LogP contribution >= 0.6 is 0 Å². The van der Waals surface area contributed by atoms with Crippen LogP contribution in [0.4, 0.5) is 0 Å². The van der Waals surface area contributed by atoms with Crippen LogP contribution in [0.2, 0.25) is 0 Å². The van der Waals surface area contributed by atoms with Gasteiger partial charge >= 0.3 is 0 Å². The minimum Gasteiger partial charge on any atom is -0.508 e. The summed E-state index contributed by atoms with van der Waals surface area (Å²) in [6, 6.07) is 5.78. The quantitative estimate of drug-likeness (QED) is 0.800. The van der Waals surface area contributed by atoms with Gasteiger partial charge in [-0.2, -0.15) is 0 Å². The molecule has 1 aromatic carbocycles. The Morgan fingerprint density at radius 1 is 1.18 bits per heavy atom. The molecule has 0 radical (unpaired) electrons. The van der Waals surface area contributed by atoms with Gasteiger partial charge in [-0.05, 0) is 29.7 Å². The van der Waals surface area contributed by atoms with Crippen molar-refractivity contribution in [2.24, 2.45) is 5.92 Å². The van der Waals surface area contributed by atoms with Gasteiger partial charge in [0.15, 0.2) is 5.79 Å². The molecule has 2 aliphatic carbocycles. The van der Waals surface area contributed by atoms with Gasteiger partial charge in [0.1, 0.15) is 11.9 Å². The first-order valence-corrected chi connectivity index (χ1v) is 8.09. The second-order valence-electron chi connectivity index (χ2n) is 7.14. The Kier molecular flexibility index (Phi) is 2.39. The van der Waals surface area contributed by atoms with Crippen molar-refractivity contribution in [2.75, 3.05) is 13.2 Å². The number of ether oxygens (including phenoxy) is 3. The summed E-state index contributed by atoms with van der Waals surface area (Å²) in [5.41, 5.74) is 3.76. The van der Waals surface area contributed by atoms with Crippen LogP contribution in [0.5, 0.6) is 5.75 Å². The van der Waals surface area contributed by atoms with Gasteiger partial charge in [0, 0.05) is 29.7 Å². The van der Waals surface area contributed by atoms with Crippen molar-refractivity contribution in [1.82, 2.24) is 0 Å². The zero-order valence-electron chi connectivity index (χ0n) is 12.7. The van der Waals surface area contributed by atoms with E-state index in [2.05, 4.69) is 13.0 Å². The number of phenols is 1. The molecule has 2 heterocycles. The number of benzene rings is 1. The predicted octanol–water partition coefficient (Wildman–Crippen LogP) is 2.64. The lowest BCUT2D eigenvalue weighted by molar-refractivity contribution is -0.157. The highest BCUT2D eigenvalue weighted by molar-refractivity contribution is 5.48. The third-order valence-electron chi connectivity index (χ3n) is 6.06. The van der Waals surface area contributed by atoms with Crippen LogP contribution in [0, 0.1) is 5.92 Å². The number of fused-ring (bicyclic) bond motifs is 3. The summed E-state index contributed by atoms with van der Waals surface area (Å²) in [5.74, 6) is 0.0889. The number of hydrogen-bond donors (Lipinski definition) is 1. The van der Waals surface area contributed by atoms with Gasteiger partial charge in [0.05, 0.1) is 19.5 Å². The molecule has 2 fully saturated rings. The van der Waals surface area contributed by atoms with Crippen molar-refractivity contribution >= 4 is 0 Å². The van der Waals surface area contributed by atoms with E-state index in [0.29, 0.717) is 24.9 Å². The summed E-state index contributed by atoms with van der Waals surface area (Å²) >= 11 is 0. The van der Waals surface area contributed by atoms with E-state index in [9.17, 15) is 5.11 Å². The second-order valence-corrected chi connectivity index (χ2v) is 7.14. The fourth-order valence-electron chi connectivity index (χ4n) is 5.07. The largest absolute Gasteiger partial charge is 0.508 e. The number of rotatable bonds is 0. The molecule has 2 aliphatic heterocycles. The fourth-order valence-corrected chi connectivity index (χ4v) is 5.07. The Bertz CT molecular complexity index is 674. The maximum atomic E-state index is 9.81. The lowest BCUT2D eigenvalue weighted by atomic mass is 9.55. The first kappa shape index (κ1) is 13.0. The SMILES string of the molecule is CC12CCC3(OCCO3)C3=COC(Cc4cc(O)ccc41)C32. The molecule has 116 valence electrons. The minimum absolute atomic E-state index is 0.0227. The van der Waals surface area contributed by atoms with Crippen molar-refractivity contribution in [1.29, 1.82) is 0 Å². The van der Waals surface area contributed by atoms with Gasteiger partial charge in [-0.3, -0.25) is 0 Å². The van der Waals surface area contributed by atoms with Crippen LogP contribution in [-0.4, -0.2) is 30.2 Å². The monoisotopic (exact) mass is 300 g/mol. The van der Waals surface area contributed by atoms with E-state index in [4.69, 9.17) is 14.2 Å². The zero-order chi connectivity index (χ0) is 14.9. The summed E-state index contributed by atoms with van der Waals surface area (Å²) in [5, 5.41) is 9.81. The molecule has 4 heteroatoms. The molecule has 1 saturated heterocycles. The van der Waals surface area contributed by atoms with Crippen molar-refractivity contribution in [3.63, 3.8) is 0 Å². The van der Waals surface area contributed by atoms with Crippen molar-refractivity contribution < 1.29 is 19.3 Å². The molecule has 4 aliphatic rings. The Morgan fingerprint density at radius 3 is 2.82 bits per heavy atom. The maximum absolute atomic E-state index is 9.81. The van der Waals surface area contributed by atoms with Gasteiger partial charge in [0.25, 0.3) is 0 Å². The predicted molar refractivity (Wildman–Crippen MR) is 79.5 cm³/mol. The van der Waals surface area contributed by atoms with Crippen LogP contribution in [0.3, 0.4) is 0 Å². The molecule has 22 heavy (non-hydrogen) atoms. The van der Waals surface area contributed by atoms with Crippen LogP contribution < -0.4 is 0 Å². The van der Waals surface area contributed by atoms with E-state index in [1.807, 2.05) is 12.3 Å². The highest BCUT2D eigenvalue weighted by Crippen LogP contribution is 2.59. The van der Waals surface area contributed by atoms with E-state index < -0.39 is 5.79 Å². The molecule has 1 aromatic rings. The van der Waals surface area contributed by atoms with E-state index in [-0.39, 0.29) is 11.5 Å². The molecule has 0 amide bonds. The summed E-state index contributed by atoms with van der Waals surface area (Å²) in [6.45, 7) is 3.65. The first-order valence-electron chi connectivity index (χ1n) is 8.09. The maximum Gasteiger partial charge on any atom is 0.194 e. The van der Waals surface area contributed by atoms with Gasteiger partial charge in [0.2, 0.25) is 0 Å². The smallest absolute Gasteiger partial charge is 0.194 e. The highest BCUT2D eigenvalue weighted by atomic mass is 16.7. The number of aromatic hydroxyl groups is 1. The topological polar surface area (TPSA) is 47.9 Å². The molecule has 3 atom stereocenters. The van der Waals surface area contributed by atoms with E-state index >= 15 is 0 Å². The third kappa shape index (κ3) is 1.45. The Balaban J connectivity index is 1.65. The standard InChI is InChI=1S/C18H20O4/c1-17-4-5-18(21-6-7-22-18)14-10-20-15(16(14)17)9-11-8-12(19)2-3-13(11)17/h2-3,8,10,15-16,19H,4-7,9H2,1H3. The van der Waals surface area contributed by atoms with Gasteiger partial charge in [-0.15, -0.1) is 0 Å². The molecular weight excluding hydrogens is 280 g/mol. The average Bonchev–Trinajstić information content (AvgIpc) is 3.12. The second kappa shape index (κ2) is 4.06. The summed E-state index contributed by atoms with van der Waals surface area (Å²) in [7, 11) is 0. The normalized spacial score (nSPS) is 37.4. The molecule has 0 aromatic heterocycles. The number of hydrogen-bond acceptors (Lipinski definition) is 4. The van der Waals surface area contributed by atoms with E-state index in [0.717, 1.165) is 19.3 Å². The molecule has 4 nitrogen and oxygen atoms in total. The molecule has 1 spiro atoms. The number of phenolic OH excluding ortho intramolecular Hbond substituents is 1. The highest BCUT2D eigenvalue weighted by Gasteiger charge is 2.61. The summed E-state index contributed by atoms with van der Waals surface area (Å²) in [6.07, 6.45) is 4.72. The van der Waals surface area contributed by atoms with Crippen LogP contribution in [0.25, 0.3) is 0 Å². The van der Waals surface area contributed by atoms with Crippen LogP contribution in [0.15, 0.2) is 30.0 Å². The Hall–Kier alpha value is -1.52. The molecular formula is C18H20O4. The van der Waals surface area contributed by atoms with E-state index in [1.165, 1.54) is 16.7 Å². The van der Waals surface area contributed by atoms with E-state index in [1.54, 1.807) is 6.07 Å². The van der Waals surface area contributed by atoms with Gasteiger partial charge < -0.3 is 19.3 Å². The van der Waals surface area contributed by atoms with Gasteiger partial charge in [-0.1, -0.05) is 13.0 Å². The molecule has 5 rings (SSSR count). The third-order valence-corrected chi connectivity index (χ3v) is 6.06. The lowest BCUT2D eigenvalue weighted by Crippen LogP contribution is -2.53. The summed E-state index contributed by atoms with van der Waals surface area (Å²) in [4.78, 5) is 0. The fraction of sp³-hybridized carbons (Fsp3) is 0.556. The molecule has 1 saturated carbocycles. The van der Waals surface area contributed by atoms with Crippen LogP contribution in [-0.2, 0) is 26.0 Å². The minimum atomic E-state index is -0.548.